The van der Waals surface area contributed by atoms with Crippen molar-refractivity contribution in [3.8, 4) is 5.88 Å². The topological polar surface area (TPSA) is 58.0 Å². The van der Waals surface area contributed by atoms with Gasteiger partial charge in [0.2, 0.25) is 5.88 Å². The highest BCUT2D eigenvalue weighted by atomic mass is 16.3. The van der Waals surface area contributed by atoms with Gasteiger partial charge in [-0.15, -0.1) is 0 Å². The lowest BCUT2D eigenvalue weighted by atomic mass is 10.2. The first-order valence-corrected chi connectivity index (χ1v) is 4.85. The number of aromatic amines is 1. The van der Waals surface area contributed by atoms with Gasteiger partial charge in [0.25, 0.3) is 0 Å². The normalized spacial score (nSPS) is 10.4. The summed E-state index contributed by atoms with van der Waals surface area (Å²) in [4.78, 5) is 13.8. The van der Waals surface area contributed by atoms with E-state index in [4.69, 9.17) is 0 Å². The Kier molecular flexibility index (Phi) is 3.56. The highest BCUT2D eigenvalue weighted by Crippen LogP contribution is 2.15. The monoisotopic (exact) mass is 196 g/mol. The number of nitrogens with one attached hydrogen (secondary N) is 1. The fourth-order valence-corrected chi connectivity index (χ4v) is 1.38. The van der Waals surface area contributed by atoms with Crippen LogP contribution < -0.4 is 5.69 Å². The lowest BCUT2D eigenvalue weighted by Gasteiger charge is -1.98. The van der Waals surface area contributed by atoms with Gasteiger partial charge in [-0.05, 0) is 12.8 Å². The van der Waals surface area contributed by atoms with E-state index in [1.54, 1.807) is 0 Å². The van der Waals surface area contributed by atoms with E-state index in [2.05, 4.69) is 18.5 Å². The second kappa shape index (κ2) is 4.69. The molecule has 1 heterocycles. The molecule has 1 aromatic rings. The highest BCUT2D eigenvalue weighted by Gasteiger charge is 2.09. The summed E-state index contributed by atoms with van der Waals surface area (Å²) in [6, 6.07) is 0. The van der Waals surface area contributed by atoms with Gasteiger partial charge >= 0.3 is 5.69 Å². The Morgan fingerprint density at radius 3 is 2.79 bits per heavy atom. The van der Waals surface area contributed by atoms with Gasteiger partial charge in [0.1, 0.15) is 0 Å². The van der Waals surface area contributed by atoms with Gasteiger partial charge in [-0.2, -0.15) is 0 Å². The van der Waals surface area contributed by atoms with Crippen molar-refractivity contribution in [3.63, 3.8) is 0 Å². The maximum Gasteiger partial charge on any atom is 0.332 e. The van der Waals surface area contributed by atoms with Gasteiger partial charge in [-0.1, -0.05) is 26.3 Å². The minimum absolute atomic E-state index is 0.0129. The summed E-state index contributed by atoms with van der Waals surface area (Å²) < 4.78 is 1.11. The van der Waals surface area contributed by atoms with Crippen LogP contribution in [0, 0.1) is 0 Å². The average Bonchev–Trinajstić information content (AvgIpc) is 2.42. The molecule has 1 aromatic heterocycles. The van der Waals surface area contributed by atoms with Crippen molar-refractivity contribution in [2.45, 2.75) is 32.6 Å². The standard InChI is InChI=1S/C10H16N2O2/c1-3-5-6-7-8-9(13)12(4-2)10(14)11-8/h4,13H,2-3,5-7H2,1H3,(H,11,14). The van der Waals surface area contributed by atoms with E-state index in [0.29, 0.717) is 12.1 Å². The van der Waals surface area contributed by atoms with Crippen molar-refractivity contribution < 1.29 is 5.11 Å². The molecule has 0 saturated heterocycles. The minimum Gasteiger partial charge on any atom is -0.493 e. The molecule has 0 aliphatic carbocycles. The van der Waals surface area contributed by atoms with Crippen LogP contribution in [-0.2, 0) is 6.42 Å². The maximum absolute atomic E-state index is 11.2. The molecule has 0 fully saturated rings. The van der Waals surface area contributed by atoms with Gasteiger partial charge in [-0.25, -0.2) is 9.36 Å². The largest absolute Gasteiger partial charge is 0.493 e. The number of H-pyrrole nitrogens is 1. The quantitative estimate of drug-likeness (QED) is 0.704. The van der Waals surface area contributed by atoms with Crippen LogP contribution in [0.25, 0.3) is 6.20 Å². The van der Waals surface area contributed by atoms with E-state index in [0.717, 1.165) is 23.8 Å². The number of nitrogens with zero attached hydrogens (tertiary/aromatic N) is 1. The summed E-state index contributed by atoms with van der Waals surface area (Å²) in [6.45, 7) is 5.55. The molecule has 0 aliphatic rings. The molecule has 0 atom stereocenters. The van der Waals surface area contributed by atoms with Crippen LogP contribution in [-0.4, -0.2) is 14.7 Å². The zero-order valence-electron chi connectivity index (χ0n) is 8.42. The summed E-state index contributed by atoms with van der Waals surface area (Å²) in [5.74, 6) is -0.0129. The molecule has 0 saturated carbocycles. The molecule has 0 spiro atoms. The fourth-order valence-electron chi connectivity index (χ4n) is 1.38. The summed E-state index contributed by atoms with van der Waals surface area (Å²) in [5.41, 5.74) is 0.271. The number of aromatic nitrogens is 2. The van der Waals surface area contributed by atoms with E-state index in [9.17, 15) is 9.90 Å². The molecule has 0 amide bonds. The van der Waals surface area contributed by atoms with Crippen molar-refractivity contribution in [2.24, 2.45) is 0 Å². The van der Waals surface area contributed by atoms with E-state index in [1.165, 1.54) is 6.20 Å². The van der Waals surface area contributed by atoms with Crippen molar-refractivity contribution in [3.05, 3.63) is 22.8 Å². The number of aromatic hydroxyl groups is 1. The Morgan fingerprint density at radius 2 is 2.29 bits per heavy atom. The zero-order valence-corrected chi connectivity index (χ0v) is 8.42. The lowest BCUT2D eigenvalue weighted by molar-refractivity contribution is 0.436. The van der Waals surface area contributed by atoms with Gasteiger partial charge in [0.15, 0.2) is 0 Å². The SMILES string of the molecule is C=Cn1c(O)c(CCCCC)[nH]c1=O. The molecular formula is C10H16N2O2. The summed E-state index contributed by atoms with van der Waals surface area (Å²) in [7, 11) is 0. The third kappa shape index (κ3) is 2.07. The number of rotatable bonds is 5. The molecule has 1 rings (SSSR count). The van der Waals surface area contributed by atoms with E-state index >= 15 is 0 Å². The van der Waals surface area contributed by atoms with Crippen molar-refractivity contribution in [2.75, 3.05) is 0 Å². The molecule has 14 heavy (non-hydrogen) atoms. The number of hydrogen-bond donors (Lipinski definition) is 2. The van der Waals surface area contributed by atoms with Crippen LogP contribution in [0.3, 0.4) is 0 Å². The number of imidazole rings is 1. The molecule has 4 heteroatoms. The van der Waals surface area contributed by atoms with Crippen LogP contribution in [0.4, 0.5) is 0 Å². The van der Waals surface area contributed by atoms with E-state index in [-0.39, 0.29) is 11.6 Å². The molecule has 0 radical (unpaired) electrons. The maximum atomic E-state index is 11.2. The fraction of sp³-hybridized carbons (Fsp3) is 0.500. The van der Waals surface area contributed by atoms with Crippen molar-refractivity contribution in [1.82, 2.24) is 9.55 Å². The van der Waals surface area contributed by atoms with Crippen LogP contribution in [0.5, 0.6) is 5.88 Å². The van der Waals surface area contributed by atoms with Crippen LogP contribution in [0.15, 0.2) is 11.4 Å². The Morgan fingerprint density at radius 1 is 1.57 bits per heavy atom. The van der Waals surface area contributed by atoms with Crippen LogP contribution >= 0.6 is 0 Å². The Balaban J connectivity index is 2.78. The third-order valence-electron chi connectivity index (χ3n) is 2.19. The number of unbranched alkanes of at least 4 members (excludes halogenated alkanes) is 2. The molecule has 0 aliphatic heterocycles. The van der Waals surface area contributed by atoms with Gasteiger partial charge < -0.3 is 10.1 Å². The Bertz CT molecular complexity index is 363. The zero-order chi connectivity index (χ0) is 10.6. The molecule has 78 valence electrons. The molecule has 0 unspecified atom stereocenters. The lowest BCUT2D eigenvalue weighted by Crippen LogP contribution is -2.10. The number of aryl methyl sites for hydroxylation is 1. The Labute approximate surface area is 82.9 Å². The summed E-state index contributed by atoms with van der Waals surface area (Å²) in [6.07, 6.45) is 5.20. The molecule has 0 bridgehead atoms. The van der Waals surface area contributed by atoms with Crippen molar-refractivity contribution in [1.29, 1.82) is 0 Å². The van der Waals surface area contributed by atoms with Crippen LogP contribution in [0.2, 0.25) is 0 Å². The summed E-state index contributed by atoms with van der Waals surface area (Å²) >= 11 is 0. The molecule has 0 aromatic carbocycles. The van der Waals surface area contributed by atoms with Crippen molar-refractivity contribution >= 4 is 6.20 Å². The Hall–Kier alpha value is -1.45. The first-order valence-electron chi connectivity index (χ1n) is 4.85. The average molecular weight is 196 g/mol. The molecule has 2 N–H and O–H groups in total. The van der Waals surface area contributed by atoms with Gasteiger partial charge in [-0.3, -0.25) is 0 Å². The highest BCUT2D eigenvalue weighted by molar-refractivity contribution is 5.30. The van der Waals surface area contributed by atoms with E-state index < -0.39 is 0 Å². The smallest absolute Gasteiger partial charge is 0.332 e. The van der Waals surface area contributed by atoms with E-state index in [1.807, 2.05) is 0 Å². The van der Waals surface area contributed by atoms with Gasteiger partial charge in [0.05, 0.1) is 5.69 Å². The van der Waals surface area contributed by atoms with Crippen LogP contribution in [0.1, 0.15) is 31.9 Å². The third-order valence-corrected chi connectivity index (χ3v) is 2.19. The second-order valence-electron chi connectivity index (χ2n) is 3.24. The number of hydrogen-bond acceptors (Lipinski definition) is 2. The summed E-state index contributed by atoms with van der Waals surface area (Å²) in [5, 5.41) is 9.57. The van der Waals surface area contributed by atoms with Gasteiger partial charge in [0, 0.05) is 6.20 Å². The second-order valence-corrected chi connectivity index (χ2v) is 3.24. The molecule has 4 nitrogen and oxygen atoms in total. The predicted octanol–water partition coefficient (Wildman–Crippen LogP) is 1.72. The predicted molar refractivity (Wildman–Crippen MR) is 56.3 cm³/mol. The first kappa shape index (κ1) is 10.6. The minimum atomic E-state index is -0.330. The molecular weight excluding hydrogens is 180 g/mol. The first-order chi connectivity index (χ1) is 6.70.